The lowest BCUT2D eigenvalue weighted by Gasteiger charge is -2.22. The van der Waals surface area contributed by atoms with E-state index in [1.165, 1.54) is 30.1 Å². The monoisotopic (exact) mass is 296 g/mol. The second-order valence-corrected chi connectivity index (χ2v) is 4.26. The van der Waals surface area contributed by atoms with E-state index in [4.69, 9.17) is 11.6 Å². The van der Waals surface area contributed by atoms with Crippen LogP contribution in [0.4, 0.5) is 24.5 Å². The van der Waals surface area contributed by atoms with Gasteiger partial charge < -0.3 is 4.90 Å². The highest BCUT2D eigenvalue weighted by atomic mass is 35.5. The van der Waals surface area contributed by atoms with Gasteiger partial charge in [0.1, 0.15) is 0 Å². The fraction of sp³-hybridized carbons (Fsp3) is 0.455. The van der Waals surface area contributed by atoms with Crippen LogP contribution in [0.5, 0.6) is 0 Å². The van der Waals surface area contributed by atoms with Gasteiger partial charge in [0.25, 0.3) is 5.69 Å². The fourth-order valence-electron chi connectivity index (χ4n) is 1.58. The van der Waals surface area contributed by atoms with Crippen LogP contribution >= 0.6 is 11.6 Å². The van der Waals surface area contributed by atoms with Gasteiger partial charge >= 0.3 is 6.18 Å². The minimum Gasteiger partial charge on any atom is -0.374 e. The summed E-state index contributed by atoms with van der Waals surface area (Å²) in [7, 11) is 1.49. The van der Waals surface area contributed by atoms with E-state index >= 15 is 0 Å². The molecule has 0 aliphatic carbocycles. The van der Waals surface area contributed by atoms with Gasteiger partial charge in [0.15, 0.2) is 0 Å². The standard InChI is InChI=1S/C11H12ClF3N2O2/c1-16(5-4-11(13,14)15)10-3-2-9(17(18)19)6-8(10)7-12/h2-3,6H,4-5,7H2,1H3. The summed E-state index contributed by atoms with van der Waals surface area (Å²) in [5.41, 5.74) is 0.758. The molecule has 0 bridgehead atoms. The molecule has 0 aliphatic rings. The maximum atomic E-state index is 12.1. The number of nitro benzene ring substituents is 1. The Labute approximate surface area is 112 Å². The van der Waals surface area contributed by atoms with Gasteiger partial charge in [0.2, 0.25) is 0 Å². The Balaban J connectivity index is 2.90. The zero-order chi connectivity index (χ0) is 14.6. The summed E-state index contributed by atoms with van der Waals surface area (Å²) in [5, 5.41) is 10.6. The van der Waals surface area contributed by atoms with Gasteiger partial charge in [-0.1, -0.05) is 0 Å². The molecule has 0 aromatic heterocycles. The summed E-state index contributed by atoms with van der Waals surface area (Å²) >= 11 is 5.67. The van der Waals surface area contributed by atoms with E-state index in [1.807, 2.05) is 0 Å². The molecule has 1 rings (SSSR count). The zero-order valence-electron chi connectivity index (χ0n) is 10.1. The molecule has 1 aromatic rings. The highest BCUT2D eigenvalue weighted by molar-refractivity contribution is 6.17. The SMILES string of the molecule is CN(CCC(F)(F)F)c1ccc([N+](=O)[O-])cc1CCl. The Bertz CT molecular complexity index is 466. The summed E-state index contributed by atoms with van der Waals surface area (Å²) in [4.78, 5) is 11.4. The van der Waals surface area contributed by atoms with E-state index in [0.717, 1.165) is 0 Å². The first kappa shape index (κ1) is 15.6. The number of hydrogen-bond donors (Lipinski definition) is 0. The Hall–Kier alpha value is -1.50. The molecule has 0 amide bonds. The lowest BCUT2D eigenvalue weighted by atomic mass is 10.1. The molecule has 0 radical (unpaired) electrons. The molecular formula is C11H12ClF3N2O2. The van der Waals surface area contributed by atoms with Crippen molar-refractivity contribution in [1.82, 2.24) is 0 Å². The van der Waals surface area contributed by atoms with Gasteiger partial charge in [0, 0.05) is 37.3 Å². The van der Waals surface area contributed by atoms with Crippen molar-refractivity contribution in [1.29, 1.82) is 0 Å². The summed E-state index contributed by atoms with van der Waals surface area (Å²) < 4.78 is 36.4. The Morgan fingerprint density at radius 3 is 2.53 bits per heavy atom. The Morgan fingerprint density at radius 2 is 2.05 bits per heavy atom. The number of benzene rings is 1. The third-order valence-corrected chi connectivity index (χ3v) is 2.85. The van der Waals surface area contributed by atoms with Crippen molar-refractivity contribution in [2.24, 2.45) is 0 Å². The van der Waals surface area contributed by atoms with E-state index in [0.29, 0.717) is 11.3 Å². The first-order valence-corrected chi connectivity index (χ1v) is 5.89. The predicted octanol–water partition coefficient (Wildman–Crippen LogP) is 3.72. The predicted molar refractivity (Wildman–Crippen MR) is 66.6 cm³/mol. The van der Waals surface area contributed by atoms with Crippen LogP contribution in [-0.4, -0.2) is 24.7 Å². The third kappa shape index (κ3) is 4.59. The van der Waals surface area contributed by atoms with Gasteiger partial charge in [-0.05, 0) is 11.6 Å². The van der Waals surface area contributed by atoms with Crippen LogP contribution in [0.3, 0.4) is 0 Å². The number of halogens is 4. The van der Waals surface area contributed by atoms with E-state index in [9.17, 15) is 23.3 Å². The van der Waals surface area contributed by atoms with E-state index in [2.05, 4.69) is 0 Å². The van der Waals surface area contributed by atoms with Crippen molar-refractivity contribution in [3.8, 4) is 0 Å². The second-order valence-electron chi connectivity index (χ2n) is 3.99. The summed E-state index contributed by atoms with van der Waals surface area (Å²) in [6, 6.07) is 3.92. The van der Waals surface area contributed by atoms with Crippen molar-refractivity contribution < 1.29 is 18.1 Å². The highest BCUT2D eigenvalue weighted by Gasteiger charge is 2.27. The summed E-state index contributed by atoms with van der Waals surface area (Å²) in [6.45, 7) is -0.231. The molecule has 0 fully saturated rings. The Kier molecular flexibility index (Phi) is 4.99. The zero-order valence-corrected chi connectivity index (χ0v) is 10.8. The first-order chi connectivity index (χ1) is 8.74. The summed E-state index contributed by atoms with van der Waals surface area (Å²) in [5.74, 6) is -0.00658. The number of alkyl halides is 4. The third-order valence-electron chi connectivity index (χ3n) is 2.56. The molecule has 19 heavy (non-hydrogen) atoms. The molecule has 4 nitrogen and oxygen atoms in total. The number of non-ortho nitro benzene ring substituents is 1. The highest BCUT2D eigenvalue weighted by Crippen LogP contribution is 2.28. The molecule has 8 heteroatoms. The van der Waals surface area contributed by atoms with Gasteiger partial charge in [-0.3, -0.25) is 10.1 Å². The number of rotatable bonds is 5. The largest absolute Gasteiger partial charge is 0.390 e. The van der Waals surface area contributed by atoms with Crippen molar-refractivity contribution >= 4 is 23.0 Å². The average molecular weight is 297 g/mol. The Morgan fingerprint density at radius 1 is 1.42 bits per heavy atom. The molecule has 0 unspecified atom stereocenters. The summed E-state index contributed by atoms with van der Waals surface area (Å²) in [6.07, 6.45) is -5.20. The first-order valence-electron chi connectivity index (χ1n) is 5.36. The van der Waals surface area contributed by atoms with Crippen molar-refractivity contribution in [3.63, 3.8) is 0 Å². The van der Waals surface area contributed by atoms with Crippen LogP contribution < -0.4 is 4.90 Å². The normalized spacial score (nSPS) is 11.4. The number of nitrogens with zero attached hydrogens (tertiary/aromatic N) is 2. The minimum absolute atomic E-state index is 0.00658. The van der Waals surface area contributed by atoms with Crippen LogP contribution in [-0.2, 0) is 5.88 Å². The number of anilines is 1. The van der Waals surface area contributed by atoms with Gasteiger partial charge in [0.05, 0.1) is 11.3 Å². The average Bonchev–Trinajstić information content (AvgIpc) is 2.34. The smallest absolute Gasteiger partial charge is 0.374 e. The number of hydrogen-bond acceptors (Lipinski definition) is 3. The minimum atomic E-state index is -4.24. The van der Waals surface area contributed by atoms with E-state index in [1.54, 1.807) is 0 Å². The topological polar surface area (TPSA) is 46.4 Å². The molecular weight excluding hydrogens is 285 g/mol. The lowest BCUT2D eigenvalue weighted by molar-refractivity contribution is -0.384. The molecule has 0 N–H and O–H groups in total. The van der Waals surface area contributed by atoms with Crippen LogP contribution in [0, 0.1) is 10.1 Å². The number of nitro groups is 1. The molecule has 0 spiro atoms. The van der Waals surface area contributed by atoms with Crippen molar-refractivity contribution in [2.45, 2.75) is 18.5 Å². The molecule has 0 aliphatic heterocycles. The maximum absolute atomic E-state index is 12.1. The van der Waals surface area contributed by atoms with Crippen LogP contribution in [0.2, 0.25) is 0 Å². The molecule has 0 atom stereocenters. The molecule has 0 saturated carbocycles. The van der Waals surface area contributed by atoms with Crippen LogP contribution in [0.25, 0.3) is 0 Å². The van der Waals surface area contributed by atoms with Crippen molar-refractivity contribution in [2.75, 3.05) is 18.5 Å². The molecule has 106 valence electrons. The van der Waals surface area contributed by atoms with Crippen molar-refractivity contribution in [3.05, 3.63) is 33.9 Å². The van der Waals surface area contributed by atoms with Gasteiger partial charge in [-0.15, -0.1) is 11.6 Å². The van der Waals surface area contributed by atoms with E-state index in [-0.39, 0.29) is 18.1 Å². The lowest BCUT2D eigenvalue weighted by Crippen LogP contribution is -2.24. The van der Waals surface area contributed by atoms with Gasteiger partial charge in [-0.2, -0.15) is 13.2 Å². The quantitative estimate of drug-likeness (QED) is 0.472. The molecule has 1 aromatic carbocycles. The van der Waals surface area contributed by atoms with E-state index < -0.39 is 17.5 Å². The molecule has 0 heterocycles. The van der Waals surface area contributed by atoms with Gasteiger partial charge in [-0.25, -0.2) is 0 Å². The maximum Gasteiger partial charge on any atom is 0.390 e. The van der Waals surface area contributed by atoms with Crippen LogP contribution in [0.15, 0.2) is 18.2 Å². The van der Waals surface area contributed by atoms with Crippen LogP contribution in [0.1, 0.15) is 12.0 Å². The second kappa shape index (κ2) is 6.10. The molecule has 0 saturated heterocycles. The fourth-order valence-corrected chi connectivity index (χ4v) is 1.79.